The van der Waals surface area contributed by atoms with Crippen molar-refractivity contribution in [2.45, 2.75) is 51.0 Å². The summed E-state index contributed by atoms with van der Waals surface area (Å²) in [6.07, 6.45) is 3.71. The Balaban J connectivity index is 1.70. The van der Waals surface area contributed by atoms with Crippen LogP contribution in [0.5, 0.6) is 5.75 Å². The number of benzene rings is 1. The molecule has 0 amide bonds. The highest BCUT2D eigenvalue weighted by Crippen LogP contribution is 2.62. The van der Waals surface area contributed by atoms with Crippen molar-refractivity contribution in [2.75, 3.05) is 0 Å². The fraction of sp³-hybridized carbons (Fsp3) is 0.632. The summed E-state index contributed by atoms with van der Waals surface area (Å²) in [5.74, 6) is 0.0158. The molecule has 3 aliphatic carbocycles. The van der Waals surface area contributed by atoms with Crippen molar-refractivity contribution in [2.24, 2.45) is 23.2 Å². The van der Waals surface area contributed by atoms with E-state index in [0.717, 1.165) is 25.7 Å². The van der Waals surface area contributed by atoms with Crippen LogP contribution in [-0.2, 0) is 11.2 Å². The molecule has 4 heteroatoms. The van der Waals surface area contributed by atoms with E-state index in [1.165, 1.54) is 11.1 Å². The molecule has 0 spiro atoms. The predicted molar refractivity (Wildman–Crippen MR) is 85.2 cm³/mol. The quantitative estimate of drug-likeness (QED) is 0.744. The molecule has 0 aromatic heterocycles. The van der Waals surface area contributed by atoms with Gasteiger partial charge in [0.1, 0.15) is 5.75 Å². The first-order valence-electron chi connectivity index (χ1n) is 8.64. The van der Waals surface area contributed by atoms with Gasteiger partial charge in [-0.2, -0.15) is 0 Å². The highest BCUT2D eigenvalue weighted by atomic mass is 16.4. The molecule has 2 fully saturated rings. The number of carbonyl (C=O) groups is 1. The number of aromatic hydroxyl groups is 1. The van der Waals surface area contributed by atoms with E-state index >= 15 is 0 Å². The van der Waals surface area contributed by atoms with Crippen molar-refractivity contribution >= 4 is 5.97 Å². The maximum absolute atomic E-state index is 11.5. The molecule has 0 radical (unpaired) electrons. The van der Waals surface area contributed by atoms with E-state index in [-0.39, 0.29) is 11.3 Å². The van der Waals surface area contributed by atoms with Gasteiger partial charge >= 0.3 is 5.97 Å². The van der Waals surface area contributed by atoms with Gasteiger partial charge < -0.3 is 15.3 Å². The molecule has 124 valence electrons. The molecular formula is C19H24O4. The number of aliphatic hydroxyl groups is 1. The lowest BCUT2D eigenvalue weighted by Crippen LogP contribution is -2.44. The smallest absolute Gasteiger partial charge is 0.309 e. The Hall–Kier alpha value is -1.55. The lowest BCUT2D eigenvalue weighted by molar-refractivity contribution is -0.146. The lowest BCUT2D eigenvalue weighted by atomic mass is 9.55. The Kier molecular flexibility index (Phi) is 3.24. The maximum atomic E-state index is 11.5. The van der Waals surface area contributed by atoms with E-state index in [2.05, 4.69) is 6.92 Å². The second kappa shape index (κ2) is 4.97. The SMILES string of the molecule is CC12CCC3c4ccc(O)cc4CCC3C1CC(C(=O)O)C2O. The molecule has 2 saturated carbocycles. The number of rotatable bonds is 1. The number of aliphatic hydroxyl groups excluding tert-OH is 1. The Labute approximate surface area is 136 Å². The number of fused-ring (bicyclic) bond motifs is 5. The van der Waals surface area contributed by atoms with E-state index < -0.39 is 18.0 Å². The van der Waals surface area contributed by atoms with Crippen molar-refractivity contribution < 1.29 is 20.1 Å². The van der Waals surface area contributed by atoms with Crippen LogP contribution in [-0.4, -0.2) is 27.4 Å². The first-order chi connectivity index (χ1) is 10.9. The van der Waals surface area contributed by atoms with Gasteiger partial charge in [-0.15, -0.1) is 0 Å². The van der Waals surface area contributed by atoms with E-state index in [1.54, 1.807) is 6.07 Å². The molecule has 0 bridgehead atoms. The zero-order valence-electron chi connectivity index (χ0n) is 13.4. The summed E-state index contributed by atoms with van der Waals surface area (Å²) in [4.78, 5) is 11.5. The van der Waals surface area contributed by atoms with Crippen LogP contribution >= 0.6 is 0 Å². The van der Waals surface area contributed by atoms with Crippen molar-refractivity contribution in [3.05, 3.63) is 29.3 Å². The van der Waals surface area contributed by atoms with Gasteiger partial charge in [0, 0.05) is 0 Å². The van der Waals surface area contributed by atoms with E-state index in [0.29, 0.717) is 24.0 Å². The van der Waals surface area contributed by atoms with Crippen molar-refractivity contribution in [1.29, 1.82) is 0 Å². The summed E-state index contributed by atoms with van der Waals surface area (Å²) in [7, 11) is 0. The summed E-state index contributed by atoms with van der Waals surface area (Å²) in [5, 5.41) is 29.8. The molecule has 1 aromatic carbocycles. The molecule has 0 heterocycles. The zero-order chi connectivity index (χ0) is 16.4. The van der Waals surface area contributed by atoms with Crippen molar-refractivity contribution in [3.8, 4) is 5.75 Å². The summed E-state index contributed by atoms with van der Waals surface area (Å²) in [6.45, 7) is 2.09. The lowest BCUT2D eigenvalue weighted by Gasteiger charge is -2.50. The van der Waals surface area contributed by atoms with Gasteiger partial charge in [-0.1, -0.05) is 13.0 Å². The summed E-state index contributed by atoms with van der Waals surface area (Å²) in [5.41, 5.74) is 2.30. The fourth-order valence-electron chi connectivity index (χ4n) is 5.83. The number of aliphatic carboxylic acids is 1. The Morgan fingerprint density at radius 3 is 2.83 bits per heavy atom. The first-order valence-corrected chi connectivity index (χ1v) is 8.64. The standard InChI is InChI=1S/C19H24O4/c1-19-7-6-13-12-5-3-11(20)8-10(12)2-4-14(13)16(19)9-15(17(19)21)18(22)23/h3,5,8,13-17,20-21H,2,4,6-7,9H2,1H3,(H,22,23). The van der Waals surface area contributed by atoms with Gasteiger partial charge in [-0.05, 0) is 78.5 Å². The molecule has 3 aliphatic rings. The van der Waals surface area contributed by atoms with E-state index in [9.17, 15) is 20.1 Å². The largest absolute Gasteiger partial charge is 0.508 e. The minimum Gasteiger partial charge on any atom is -0.508 e. The summed E-state index contributed by atoms with van der Waals surface area (Å²) < 4.78 is 0. The molecule has 0 saturated heterocycles. The average Bonchev–Trinajstić information content (AvgIpc) is 2.79. The van der Waals surface area contributed by atoms with Crippen LogP contribution in [0.25, 0.3) is 0 Å². The van der Waals surface area contributed by atoms with Crippen LogP contribution in [0.2, 0.25) is 0 Å². The summed E-state index contributed by atoms with van der Waals surface area (Å²) >= 11 is 0. The third kappa shape index (κ3) is 2.04. The first kappa shape index (κ1) is 15.0. The molecule has 6 unspecified atom stereocenters. The van der Waals surface area contributed by atoms with Gasteiger partial charge in [0.15, 0.2) is 0 Å². The number of phenols is 1. The van der Waals surface area contributed by atoms with Gasteiger partial charge in [-0.3, -0.25) is 4.79 Å². The van der Waals surface area contributed by atoms with Crippen LogP contribution in [0.3, 0.4) is 0 Å². The Bertz CT molecular complexity index is 655. The normalized spacial score (nSPS) is 41.7. The molecule has 3 N–H and O–H groups in total. The van der Waals surface area contributed by atoms with E-state index in [1.807, 2.05) is 12.1 Å². The minimum atomic E-state index is -0.856. The number of aryl methyl sites for hydroxylation is 1. The maximum Gasteiger partial charge on any atom is 0.309 e. The molecule has 0 aliphatic heterocycles. The molecular weight excluding hydrogens is 292 g/mol. The Morgan fingerprint density at radius 1 is 1.30 bits per heavy atom. The second-order valence-corrected chi connectivity index (χ2v) is 7.97. The summed E-state index contributed by atoms with van der Waals surface area (Å²) in [6, 6.07) is 5.69. The molecule has 4 rings (SSSR count). The predicted octanol–water partition coefficient (Wildman–Crippen LogP) is 2.92. The van der Waals surface area contributed by atoms with Gasteiger partial charge in [0.25, 0.3) is 0 Å². The monoisotopic (exact) mass is 316 g/mol. The van der Waals surface area contributed by atoms with Gasteiger partial charge in [0.2, 0.25) is 0 Å². The van der Waals surface area contributed by atoms with Crippen molar-refractivity contribution in [1.82, 2.24) is 0 Å². The number of phenolic OH excluding ortho intramolecular Hbond substituents is 1. The second-order valence-electron chi connectivity index (χ2n) is 7.97. The van der Waals surface area contributed by atoms with Crippen molar-refractivity contribution in [3.63, 3.8) is 0 Å². The third-order valence-corrected chi connectivity index (χ3v) is 7.03. The van der Waals surface area contributed by atoms with Gasteiger partial charge in [-0.25, -0.2) is 0 Å². The van der Waals surface area contributed by atoms with Crippen LogP contribution in [0.15, 0.2) is 18.2 Å². The van der Waals surface area contributed by atoms with Crippen LogP contribution in [0.4, 0.5) is 0 Å². The van der Waals surface area contributed by atoms with E-state index in [4.69, 9.17) is 0 Å². The molecule has 6 atom stereocenters. The van der Waals surface area contributed by atoms with Crippen LogP contribution < -0.4 is 0 Å². The van der Waals surface area contributed by atoms with Crippen LogP contribution in [0, 0.1) is 23.2 Å². The number of hydrogen-bond acceptors (Lipinski definition) is 3. The number of hydrogen-bond donors (Lipinski definition) is 3. The minimum absolute atomic E-state index is 0.265. The highest BCUT2D eigenvalue weighted by molar-refractivity contribution is 5.71. The highest BCUT2D eigenvalue weighted by Gasteiger charge is 2.59. The Morgan fingerprint density at radius 2 is 2.09 bits per heavy atom. The van der Waals surface area contributed by atoms with Crippen LogP contribution in [0.1, 0.15) is 49.7 Å². The topological polar surface area (TPSA) is 77.8 Å². The fourth-order valence-corrected chi connectivity index (χ4v) is 5.83. The average molecular weight is 316 g/mol. The third-order valence-electron chi connectivity index (χ3n) is 7.03. The van der Waals surface area contributed by atoms with Gasteiger partial charge in [0.05, 0.1) is 12.0 Å². The molecule has 1 aromatic rings. The number of carboxylic acid groups (broad SMARTS) is 1. The molecule has 23 heavy (non-hydrogen) atoms. The number of carboxylic acids is 1. The molecule has 4 nitrogen and oxygen atoms in total. The zero-order valence-corrected chi connectivity index (χ0v) is 13.4.